The summed E-state index contributed by atoms with van der Waals surface area (Å²) in [4.78, 5) is 37.6. The first-order chi connectivity index (χ1) is 39.6. The number of carbonyl (C=O) groups is 3. The Morgan fingerprint density at radius 2 is 0.704 bits per heavy atom. The minimum Gasteiger partial charge on any atom is -0.477 e. The zero-order valence-electron chi connectivity index (χ0n) is 53.7. The van der Waals surface area contributed by atoms with Gasteiger partial charge in [0.1, 0.15) is 13.2 Å². The van der Waals surface area contributed by atoms with E-state index in [4.69, 9.17) is 18.9 Å². The first kappa shape index (κ1) is 77.7. The molecule has 0 aromatic rings. The number of ether oxygens (including phenoxy) is 4. The molecular weight excluding hydrogens is 1010 g/mol. The van der Waals surface area contributed by atoms with Crippen LogP contribution in [-0.2, 0) is 33.3 Å². The van der Waals surface area contributed by atoms with Crippen LogP contribution in [0.5, 0.6) is 0 Å². The Bertz CT molecular complexity index is 1560. The number of unbranched alkanes of at least 4 members (excludes halogenated alkanes) is 36. The number of carbonyl (C=O) groups excluding carboxylic acids is 2. The Morgan fingerprint density at radius 1 is 0.383 bits per heavy atom. The molecule has 9 heteroatoms. The minimum atomic E-state index is -1.51. The monoisotopic (exact) mass is 1140 g/mol. The van der Waals surface area contributed by atoms with Crippen molar-refractivity contribution in [2.45, 2.75) is 322 Å². The summed E-state index contributed by atoms with van der Waals surface area (Å²) < 4.78 is 23.0. The quantitative estimate of drug-likeness (QED) is 0.0211. The number of nitrogens with zero attached hydrogens (tertiary/aromatic N) is 1. The van der Waals surface area contributed by atoms with Crippen molar-refractivity contribution >= 4 is 17.9 Å². The van der Waals surface area contributed by atoms with Gasteiger partial charge in [0.05, 0.1) is 34.4 Å². The zero-order valence-corrected chi connectivity index (χ0v) is 53.7. The molecule has 0 rings (SSSR count). The van der Waals surface area contributed by atoms with E-state index in [0.717, 1.165) is 70.6 Å². The van der Waals surface area contributed by atoms with Crippen molar-refractivity contribution in [3.63, 3.8) is 0 Å². The molecule has 0 aliphatic carbocycles. The zero-order chi connectivity index (χ0) is 59.1. The first-order valence-corrected chi connectivity index (χ1v) is 34.1. The second-order valence-corrected chi connectivity index (χ2v) is 24.1. The summed E-state index contributed by atoms with van der Waals surface area (Å²) in [6.45, 7) is 4.80. The van der Waals surface area contributed by atoms with E-state index in [2.05, 4.69) is 86.8 Å². The topological polar surface area (TPSA) is 108 Å². The molecule has 2 atom stereocenters. The number of allylic oxidation sites excluding steroid dienone is 12. The molecule has 0 saturated carbocycles. The van der Waals surface area contributed by atoms with Crippen LogP contribution >= 0.6 is 0 Å². The van der Waals surface area contributed by atoms with Crippen molar-refractivity contribution < 1.29 is 42.9 Å². The van der Waals surface area contributed by atoms with E-state index in [1.54, 1.807) is 0 Å². The fourth-order valence-electron chi connectivity index (χ4n) is 9.74. The van der Waals surface area contributed by atoms with Crippen molar-refractivity contribution in [1.29, 1.82) is 0 Å². The number of carboxylic acid groups (broad SMARTS) is 1. The van der Waals surface area contributed by atoms with Gasteiger partial charge >= 0.3 is 17.9 Å². The molecule has 0 radical (unpaired) electrons. The average Bonchev–Trinajstić information content (AvgIpc) is 3.44. The molecule has 9 nitrogen and oxygen atoms in total. The molecule has 0 fully saturated rings. The second kappa shape index (κ2) is 62.8. The Morgan fingerprint density at radius 3 is 1.05 bits per heavy atom. The second-order valence-electron chi connectivity index (χ2n) is 24.1. The van der Waals surface area contributed by atoms with Crippen LogP contribution in [0.1, 0.15) is 309 Å². The van der Waals surface area contributed by atoms with Crippen molar-refractivity contribution in [1.82, 2.24) is 0 Å². The number of quaternary nitrogens is 1. The summed E-state index contributed by atoms with van der Waals surface area (Å²) in [5.41, 5.74) is 0. The Kier molecular flexibility index (Phi) is 60.2. The normalized spacial score (nSPS) is 13.1. The fraction of sp³-hybridized carbons (Fsp3) is 0.792. The van der Waals surface area contributed by atoms with Crippen molar-refractivity contribution in [3.05, 3.63) is 72.9 Å². The van der Waals surface area contributed by atoms with E-state index >= 15 is 0 Å². The highest BCUT2D eigenvalue weighted by atomic mass is 16.7. The highest BCUT2D eigenvalue weighted by Crippen LogP contribution is 2.18. The summed E-state index contributed by atoms with van der Waals surface area (Å²) in [7, 11) is 5.98. The summed E-state index contributed by atoms with van der Waals surface area (Å²) in [5.74, 6) is -1.99. The Labute approximate surface area is 500 Å². The first-order valence-electron chi connectivity index (χ1n) is 34.1. The molecule has 0 saturated heterocycles. The molecule has 470 valence electrons. The number of hydrogen-bond acceptors (Lipinski definition) is 7. The lowest BCUT2D eigenvalue weighted by Crippen LogP contribution is -2.40. The number of hydrogen-bond donors (Lipinski definition) is 1. The van der Waals surface area contributed by atoms with E-state index in [1.165, 1.54) is 212 Å². The maximum absolute atomic E-state index is 12.9. The lowest BCUT2D eigenvalue weighted by molar-refractivity contribution is -0.870. The van der Waals surface area contributed by atoms with E-state index in [0.29, 0.717) is 17.4 Å². The van der Waals surface area contributed by atoms with Gasteiger partial charge in [-0.05, 0) is 83.5 Å². The smallest absolute Gasteiger partial charge is 0.361 e. The maximum Gasteiger partial charge on any atom is 0.361 e. The molecule has 0 spiro atoms. The number of likely N-dealkylation sites (N-methyl/N-ethyl adjacent to an activating group) is 1. The molecule has 0 aliphatic heterocycles. The van der Waals surface area contributed by atoms with Crippen LogP contribution in [0.4, 0.5) is 0 Å². The van der Waals surface area contributed by atoms with Crippen molar-refractivity contribution in [2.24, 2.45) is 0 Å². The average molecular weight is 1140 g/mol. The van der Waals surface area contributed by atoms with Gasteiger partial charge in [0.2, 0.25) is 0 Å². The van der Waals surface area contributed by atoms with Crippen LogP contribution in [0.25, 0.3) is 0 Å². The lowest BCUT2D eigenvalue weighted by atomic mass is 10.0. The molecular formula is C72H130NO8+. The number of rotatable bonds is 63. The van der Waals surface area contributed by atoms with E-state index in [-0.39, 0.29) is 32.2 Å². The summed E-state index contributed by atoms with van der Waals surface area (Å²) in [5, 5.41) is 9.74. The molecule has 0 aliphatic rings. The third-order valence-corrected chi connectivity index (χ3v) is 14.9. The Hall–Kier alpha value is -3.27. The lowest BCUT2D eigenvalue weighted by Gasteiger charge is -2.25. The highest BCUT2D eigenvalue weighted by molar-refractivity contribution is 5.71. The predicted octanol–water partition coefficient (Wildman–Crippen LogP) is 20.9. The Balaban J connectivity index is 4.10. The van der Waals surface area contributed by atoms with Gasteiger partial charge in [-0.25, -0.2) is 4.79 Å². The van der Waals surface area contributed by atoms with Crippen molar-refractivity contribution in [2.75, 3.05) is 47.5 Å². The van der Waals surface area contributed by atoms with Crippen molar-refractivity contribution in [3.8, 4) is 0 Å². The van der Waals surface area contributed by atoms with Gasteiger partial charge in [0, 0.05) is 12.8 Å². The molecule has 2 unspecified atom stereocenters. The van der Waals surface area contributed by atoms with E-state index in [1.807, 2.05) is 21.1 Å². The maximum atomic E-state index is 12.9. The van der Waals surface area contributed by atoms with Gasteiger partial charge in [-0.2, -0.15) is 0 Å². The molecule has 81 heavy (non-hydrogen) atoms. The number of esters is 2. The third-order valence-electron chi connectivity index (χ3n) is 14.9. The minimum absolute atomic E-state index is 0.181. The molecule has 0 aromatic heterocycles. The highest BCUT2D eigenvalue weighted by Gasteiger charge is 2.25. The summed E-state index contributed by atoms with van der Waals surface area (Å²) in [6.07, 6.45) is 80.1. The molecule has 1 N–H and O–H groups in total. The predicted molar refractivity (Wildman–Crippen MR) is 346 cm³/mol. The largest absolute Gasteiger partial charge is 0.477 e. The third kappa shape index (κ3) is 64.1. The molecule has 0 aromatic carbocycles. The number of carboxylic acids is 1. The van der Waals surface area contributed by atoms with Gasteiger partial charge in [0.25, 0.3) is 6.29 Å². The SMILES string of the molecule is CC/C=C\C/C=C\C/C=C\C/C=C\CCCCCCCCCCCCCCCCCCCCC(=O)OC(COC(=O)CCCCCCCCCCCCCCC/C=C\C/C=C\CCCCCCC)COC(OCC[N+](C)(C)C)C(=O)O. The van der Waals surface area contributed by atoms with Gasteiger partial charge in [-0.15, -0.1) is 0 Å². The van der Waals surface area contributed by atoms with E-state index < -0.39 is 24.3 Å². The standard InChI is InChI=1S/C72H129NO8/c1-6-8-10-12-14-16-18-20-22-24-26-28-30-32-33-34-35-36-37-39-41-43-45-47-49-51-53-55-57-59-61-63-70(75)81-68(67-80-72(71(76)77)78-65-64-73(3,4)5)66-79-69(74)62-60-58-56-54-52-50-48-46-44-42-40-38-31-29-27-25-23-21-19-17-15-13-11-9-7-2/h8,10,14,16,19-22,25-28,68,72H,6-7,9,11-13,15,17-18,23-24,29-67H2,1-5H3/p+1/b10-8-,16-14-,21-19-,22-20-,27-25-,28-26-. The summed E-state index contributed by atoms with van der Waals surface area (Å²) in [6, 6.07) is 0. The van der Waals surface area contributed by atoms with Gasteiger partial charge in [-0.3, -0.25) is 9.59 Å². The number of aliphatic carboxylic acids is 1. The van der Waals surface area contributed by atoms with E-state index in [9.17, 15) is 19.5 Å². The van der Waals surface area contributed by atoms with Crippen LogP contribution in [0, 0.1) is 0 Å². The van der Waals surface area contributed by atoms with Gasteiger partial charge in [0.15, 0.2) is 6.10 Å². The molecule has 0 heterocycles. The van der Waals surface area contributed by atoms with Crippen LogP contribution < -0.4 is 0 Å². The molecule has 0 bridgehead atoms. The van der Waals surface area contributed by atoms with Crippen LogP contribution in [0.2, 0.25) is 0 Å². The van der Waals surface area contributed by atoms with Crippen LogP contribution in [0.15, 0.2) is 72.9 Å². The molecule has 0 amide bonds. The summed E-state index contributed by atoms with van der Waals surface area (Å²) >= 11 is 0. The fourth-order valence-corrected chi connectivity index (χ4v) is 9.74. The van der Waals surface area contributed by atoms with Crippen LogP contribution in [0.3, 0.4) is 0 Å². The van der Waals surface area contributed by atoms with Gasteiger partial charge < -0.3 is 28.5 Å². The van der Waals surface area contributed by atoms with Gasteiger partial charge in [-0.1, -0.05) is 286 Å². The van der Waals surface area contributed by atoms with Crippen LogP contribution in [-0.4, -0.2) is 87.4 Å².